The van der Waals surface area contributed by atoms with Crippen LogP contribution in [0, 0.1) is 0 Å². The van der Waals surface area contributed by atoms with Gasteiger partial charge in [0.25, 0.3) is 0 Å². The van der Waals surface area contributed by atoms with E-state index in [9.17, 15) is 9.59 Å². The Balaban J connectivity index is 1.87. The second-order valence-electron chi connectivity index (χ2n) is 4.42. The molecule has 0 spiro atoms. The van der Waals surface area contributed by atoms with E-state index in [1.807, 2.05) is 0 Å². The lowest BCUT2D eigenvalue weighted by Crippen LogP contribution is -2.51. The molecule has 1 aromatic carbocycles. The first-order valence-corrected chi connectivity index (χ1v) is 6.28. The Bertz CT molecular complexity index is 481. The number of nitrogens with one attached hydrogen (secondary N) is 1. The predicted octanol–water partition coefficient (Wildman–Crippen LogP) is 1.52. The van der Waals surface area contributed by atoms with Crippen LogP contribution in [0.4, 0.5) is 15.3 Å². The van der Waals surface area contributed by atoms with Crippen molar-refractivity contribution >= 4 is 17.8 Å². The number of carboxylic acid groups (broad SMARTS) is 1. The van der Waals surface area contributed by atoms with Gasteiger partial charge in [0.1, 0.15) is 5.75 Å². The highest BCUT2D eigenvalue weighted by atomic mass is 16.5. The van der Waals surface area contributed by atoms with E-state index in [1.54, 1.807) is 36.3 Å². The SMILES string of the molecule is COc1ccc(NC(=O)N2CCN(C(=O)O)CC2)cc1. The van der Waals surface area contributed by atoms with Crippen molar-refractivity contribution in [1.82, 2.24) is 9.80 Å². The monoisotopic (exact) mass is 279 g/mol. The third-order valence-corrected chi connectivity index (χ3v) is 3.18. The fourth-order valence-corrected chi connectivity index (χ4v) is 1.98. The van der Waals surface area contributed by atoms with Gasteiger partial charge in [0.15, 0.2) is 0 Å². The number of hydrogen-bond acceptors (Lipinski definition) is 3. The van der Waals surface area contributed by atoms with Gasteiger partial charge in [-0.05, 0) is 24.3 Å². The van der Waals surface area contributed by atoms with Crippen LogP contribution in [0.5, 0.6) is 5.75 Å². The number of amides is 3. The largest absolute Gasteiger partial charge is 0.497 e. The summed E-state index contributed by atoms with van der Waals surface area (Å²) in [4.78, 5) is 25.7. The smallest absolute Gasteiger partial charge is 0.407 e. The fourth-order valence-electron chi connectivity index (χ4n) is 1.98. The molecule has 1 heterocycles. The zero-order chi connectivity index (χ0) is 14.5. The molecule has 0 aromatic heterocycles. The van der Waals surface area contributed by atoms with Gasteiger partial charge in [-0.1, -0.05) is 0 Å². The number of hydrogen-bond donors (Lipinski definition) is 2. The van der Waals surface area contributed by atoms with Crippen LogP contribution in [-0.4, -0.2) is 60.3 Å². The number of urea groups is 1. The second-order valence-corrected chi connectivity index (χ2v) is 4.42. The van der Waals surface area contributed by atoms with Crippen LogP contribution in [0.15, 0.2) is 24.3 Å². The van der Waals surface area contributed by atoms with Crippen molar-refractivity contribution in [3.8, 4) is 5.75 Å². The summed E-state index contributed by atoms with van der Waals surface area (Å²) in [5.41, 5.74) is 0.677. The van der Waals surface area contributed by atoms with Crippen molar-refractivity contribution in [1.29, 1.82) is 0 Å². The maximum absolute atomic E-state index is 12.0. The van der Waals surface area contributed by atoms with Crippen molar-refractivity contribution in [3.05, 3.63) is 24.3 Å². The summed E-state index contributed by atoms with van der Waals surface area (Å²) in [5, 5.41) is 11.6. The van der Waals surface area contributed by atoms with Crippen molar-refractivity contribution in [2.45, 2.75) is 0 Å². The number of carbonyl (C=O) groups excluding carboxylic acids is 1. The van der Waals surface area contributed by atoms with Crippen LogP contribution in [0.3, 0.4) is 0 Å². The maximum Gasteiger partial charge on any atom is 0.407 e. The molecule has 7 heteroatoms. The highest BCUT2D eigenvalue weighted by Crippen LogP contribution is 2.15. The number of rotatable bonds is 2. The number of methoxy groups -OCH3 is 1. The van der Waals surface area contributed by atoms with Gasteiger partial charge in [-0.2, -0.15) is 0 Å². The lowest BCUT2D eigenvalue weighted by molar-refractivity contribution is 0.115. The lowest BCUT2D eigenvalue weighted by Gasteiger charge is -2.33. The van der Waals surface area contributed by atoms with Crippen molar-refractivity contribution in [2.24, 2.45) is 0 Å². The maximum atomic E-state index is 12.0. The molecule has 0 radical (unpaired) electrons. The van der Waals surface area contributed by atoms with E-state index < -0.39 is 6.09 Å². The zero-order valence-electron chi connectivity index (χ0n) is 11.2. The summed E-state index contributed by atoms with van der Waals surface area (Å²) in [5.74, 6) is 0.720. The van der Waals surface area contributed by atoms with E-state index in [1.165, 1.54) is 4.90 Å². The number of anilines is 1. The van der Waals surface area contributed by atoms with Crippen LogP contribution in [0.25, 0.3) is 0 Å². The third-order valence-electron chi connectivity index (χ3n) is 3.18. The molecular formula is C13H17N3O4. The molecule has 0 unspecified atom stereocenters. The molecule has 20 heavy (non-hydrogen) atoms. The Hall–Kier alpha value is -2.44. The molecule has 2 N–H and O–H groups in total. The molecule has 108 valence electrons. The molecule has 0 saturated carbocycles. The van der Waals surface area contributed by atoms with Crippen molar-refractivity contribution in [3.63, 3.8) is 0 Å². The molecule has 1 fully saturated rings. The Kier molecular flexibility index (Phi) is 4.29. The molecule has 1 aromatic rings. The van der Waals surface area contributed by atoms with E-state index in [4.69, 9.17) is 9.84 Å². The Labute approximate surface area is 116 Å². The van der Waals surface area contributed by atoms with Gasteiger partial charge >= 0.3 is 12.1 Å². The van der Waals surface area contributed by atoms with Gasteiger partial charge in [-0.15, -0.1) is 0 Å². The molecule has 0 bridgehead atoms. The minimum Gasteiger partial charge on any atom is -0.497 e. The van der Waals surface area contributed by atoms with E-state index in [-0.39, 0.29) is 6.03 Å². The number of nitrogens with zero attached hydrogens (tertiary/aromatic N) is 2. The number of piperazine rings is 1. The Morgan fingerprint density at radius 3 is 2.15 bits per heavy atom. The quantitative estimate of drug-likeness (QED) is 0.860. The number of benzene rings is 1. The molecule has 1 aliphatic rings. The van der Waals surface area contributed by atoms with Gasteiger partial charge in [-0.25, -0.2) is 9.59 Å². The summed E-state index contributed by atoms with van der Waals surface area (Å²) in [6, 6.07) is 6.81. The van der Waals surface area contributed by atoms with Crippen molar-refractivity contribution < 1.29 is 19.4 Å². The number of carbonyl (C=O) groups is 2. The number of ether oxygens (including phenoxy) is 1. The Morgan fingerprint density at radius 1 is 1.10 bits per heavy atom. The first kappa shape index (κ1) is 14.0. The molecule has 0 atom stereocenters. The first-order valence-electron chi connectivity index (χ1n) is 6.28. The summed E-state index contributed by atoms with van der Waals surface area (Å²) >= 11 is 0. The minimum atomic E-state index is -0.944. The average Bonchev–Trinajstić information content (AvgIpc) is 2.48. The van der Waals surface area contributed by atoms with Gasteiger partial charge in [-0.3, -0.25) is 0 Å². The molecule has 3 amide bonds. The zero-order valence-corrected chi connectivity index (χ0v) is 11.2. The highest BCUT2D eigenvalue weighted by molar-refractivity contribution is 5.89. The van der Waals surface area contributed by atoms with Crippen LogP contribution in [0.1, 0.15) is 0 Å². The van der Waals surface area contributed by atoms with Gasteiger partial charge < -0.3 is 25.0 Å². The standard InChI is InChI=1S/C13H17N3O4/c1-20-11-4-2-10(3-5-11)14-12(17)15-6-8-16(9-7-15)13(18)19/h2-5H,6-9H2,1H3,(H,14,17)(H,18,19). The summed E-state index contributed by atoms with van der Waals surface area (Å²) in [6.45, 7) is 1.47. The highest BCUT2D eigenvalue weighted by Gasteiger charge is 2.23. The fraction of sp³-hybridized carbons (Fsp3) is 0.385. The lowest BCUT2D eigenvalue weighted by atomic mass is 10.3. The van der Waals surface area contributed by atoms with Gasteiger partial charge in [0, 0.05) is 31.9 Å². The first-order chi connectivity index (χ1) is 9.60. The molecule has 7 nitrogen and oxygen atoms in total. The summed E-state index contributed by atoms with van der Waals surface area (Å²) < 4.78 is 5.04. The topological polar surface area (TPSA) is 82.1 Å². The molecule has 1 saturated heterocycles. The minimum absolute atomic E-state index is 0.222. The van der Waals surface area contributed by atoms with Crippen molar-refractivity contribution in [2.75, 3.05) is 38.6 Å². The van der Waals surface area contributed by atoms with Crippen LogP contribution in [-0.2, 0) is 0 Å². The summed E-state index contributed by atoms with van der Waals surface area (Å²) in [6.07, 6.45) is -0.944. The molecule has 2 rings (SSSR count). The third kappa shape index (κ3) is 3.31. The van der Waals surface area contributed by atoms with Gasteiger partial charge in [0.2, 0.25) is 0 Å². The summed E-state index contributed by atoms with van der Waals surface area (Å²) in [7, 11) is 1.58. The van der Waals surface area contributed by atoms with E-state index in [2.05, 4.69) is 5.32 Å². The van der Waals surface area contributed by atoms with Crippen LogP contribution >= 0.6 is 0 Å². The van der Waals surface area contributed by atoms with Gasteiger partial charge in [0.05, 0.1) is 7.11 Å². The normalized spacial score (nSPS) is 14.8. The molecule has 1 aliphatic heterocycles. The van der Waals surface area contributed by atoms with Crippen LogP contribution in [0.2, 0.25) is 0 Å². The predicted molar refractivity (Wildman–Crippen MR) is 73.2 cm³/mol. The van der Waals surface area contributed by atoms with E-state index in [0.29, 0.717) is 31.9 Å². The van der Waals surface area contributed by atoms with E-state index >= 15 is 0 Å². The second kappa shape index (κ2) is 6.14. The molecular weight excluding hydrogens is 262 g/mol. The molecule has 0 aliphatic carbocycles. The van der Waals surface area contributed by atoms with Crippen LogP contribution < -0.4 is 10.1 Å². The Morgan fingerprint density at radius 2 is 1.65 bits per heavy atom. The van der Waals surface area contributed by atoms with E-state index in [0.717, 1.165) is 5.75 Å². The average molecular weight is 279 g/mol.